The Morgan fingerprint density at radius 3 is 2.47 bits per heavy atom. The molecule has 92 valence electrons. The number of carbonyl (C=O) groups is 1. The molecule has 2 unspecified atom stereocenters. The van der Waals surface area contributed by atoms with Gasteiger partial charge in [-0.15, -0.1) is 0 Å². The minimum absolute atomic E-state index is 0.0288. The van der Waals surface area contributed by atoms with E-state index in [4.69, 9.17) is 0 Å². The zero-order valence-electron chi connectivity index (χ0n) is 10.7. The molecule has 1 aliphatic rings. The molecule has 0 aliphatic carbocycles. The van der Waals surface area contributed by atoms with Crippen LogP contribution in [0.4, 0.5) is 0 Å². The molecule has 2 atom stereocenters. The van der Waals surface area contributed by atoms with Crippen LogP contribution in [0.15, 0.2) is 30.3 Å². The Labute approximate surface area is 103 Å². The predicted molar refractivity (Wildman–Crippen MR) is 68.3 cm³/mol. The molecule has 0 bridgehead atoms. The molecule has 0 radical (unpaired) electrons. The van der Waals surface area contributed by atoms with Crippen LogP contribution in [0.2, 0.25) is 0 Å². The van der Waals surface area contributed by atoms with Gasteiger partial charge < -0.3 is 4.90 Å². The first kappa shape index (κ1) is 12.1. The second-order valence-electron chi connectivity index (χ2n) is 4.98. The van der Waals surface area contributed by atoms with E-state index in [0.29, 0.717) is 12.5 Å². The van der Waals surface area contributed by atoms with Gasteiger partial charge in [0.1, 0.15) is 6.17 Å². The van der Waals surface area contributed by atoms with Gasteiger partial charge in [-0.1, -0.05) is 44.2 Å². The van der Waals surface area contributed by atoms with E-state index in [-0.39, 0.29) is 18.1 Å². The second-order valence-corrected chi connectivity index (χ2v) is 4.98. The highest BCUT2D eigenvalue weighted by atomic mass is 16.2. The normalized spacial score (nSPS) is 22.2. The molecular formula is C14H20N2O. The van der Waals surface area contributed by atoms with Gasteiger partial charge in [0, 0.05) is 6.04 Å². The van der Waals surface area contributed by atoms with Crippen molar-refractivity contribution in [2.24, 2.45) is 5.92 Å². The monoisotopic (exact) mass is 232 g/mol. The van der Waals surface area contributed by atoms with Crippen LogP contribution >= 0.6 is 0 Å². The summed E-state index contributed by atoms with van der Waals surface area (Å²) >= 11 is 0. The molecular weight excluding hydrogens is 212 g/mol. The van der Waals surface area contributed by atoms with Gasteiger partial charge in [-0.2, -0.15) is 0 Å². The molecule has 1 aromatic rings. The Balaban J connectivity index is 2.25. The summed E-state index contributed by atoms with van der Waals surface area (Å²) in [6, 6.07) is 10.4. The summed E-state index contributed by atoms with van der Waals surface area (Å²) in [6.07, 6.45) is 0.0288. The summed E-state index contributed by atoms with van der Waals surface area (Å²) in [5.74, 6) is 0.658. The van der Waals surface area contributed by atoms with E-state index in [0.717, 1.165) is 5.56 Å². The molecule has 3 heteroatoms. The molecule has 1 N–H and O–H groups in total. The second kappa shape index (κ2) is 4.88. The van der Waals surface area contributed by atoms with E-state index in [1.165, 1.54) is 0 Å². The predicted octanol–water partition coefficient (Wildman–Crippen LogP) is 2.16. The molecule has 1 aliphatic heterocycles. The number of nitrogens with zero attached hydrogens (tertiary/aromatic N) is 1. The molecule has 1 heterocycles. The van der Waals surface area contributed by atoms with Crippen molar-refractivity contribution in [1.82, 2.24) is 10.2 Å². The lowest BCUT2D eigenvalue weighted by molar-refractivity contribution is -0.130. The van der Waals surface area contributed by atoms with Crippen molar-refractivity contribution in [1.29, 1.82) is 0 Å². The molecule has 1 saturated heterocycles. The van der Waals surface area contributed by atoms with E-state index in [1.54, 1.807) is 0 Å². The first-order valence-corrected chi connectivity index (χ1v) is 6.20. The molecule has 0 spiro atoms. The summed E-state index contributed by atoms with van der Waals surface area (Å²) in [6.45, 7) is 6.86. The largest absolute Gasteiger partial charge is 0.319 e. The number of carbonyl (C=O) groups excluding carboxylic acids is 1. The van der Waals surface area contributed by atoms with Crippen LogP contribution in [-0.2, 0) is 4.79 Å². The topological polar surface area (TPSA) is 32.3 Å². The zero-order chi connectivity index (χ0) is 12.4. The van der Waals surface area contributed by atoms with Gasteiger partial charge in [0.2, 0.25) is 5.91 Å². The lowest BCUT2D eigenvalue weighted by Crippen LogP contribution is -2.40. The van der Waals surface area contributed by atoms with E-state index < -0.39 is 0 Å². The molecule has 0 aromatic heterocycles. The van der Waals surface area contributed by atoms with Crippen molar-refractivity contribution in [3.63, 3.8) is 0 Å². The summed E-state index contributed by atoms with van der Waals surface area (Å²) in [4.78, 5) is 13.9. The molecule has 1 amide bonds. The highest BCUT2D eigenvalue weighted by Gasteiger charge is 2.35. The quantitative estimate of drug-likeness (QED) is 0.866. The van der Waals surface area contributed by atoms with Crippen molar-refractivity contribution in [2.45, 2.75) is 33.0 Å². The van der Waals surface area contributed by atoms with Gasteiger partial charge in [-0.05, 0) is 18.4 Å². The minimum Gasteiger partial charge on any atom is -0.319 e. The van der Waals surface area contributed by atoms with Crippen molar-refractivity contribution < 1.29 is 4.79 Å². The Hall–Kier alpha value is -1.35. The Morgan fingerprint density at radius 1 is 1.24 bits per heavy atom. The van der Waals surface area contributed by atoms with Gasteiger partial charge in [0.15, 0.2) is 0 Å². The fraction of sp³-hybridized carbons (Fsp3) is 0.500. The van der Waals surface area contributed by atoms with Gasteiger partial charge in [0.25, 0.3) is 0 Å². The lowest BCUT2D eigenvalue weighted by atomic mass is 10.0. The standard InChI is InChI=1S/C14H20N2O/c1-10(2)11(3)16-13(17)9-15-14(16)12-7-5-4-6-8-12/h4-8,10-11,14-15H,9H2,1-3H3. The number of benzene rings is 1. The Bertz CT molecular complexity index is 388. The molecule has 17 heavy (non-hydrogen) atoms. The summed E-state index contributed by atoms with van der Waals surface area (Å²) < 4.78 is 0. The van der Waals surface area contributed by atoms with Crippen LogP contribution in [0.1, 0.15) is 32.5 Å². The van der Waals surface area contributed by atoms with E-state index >= 15 is 0 Å². The van der Waals surface area contributed by atoms with Crippen LogP contribution in [0, 0.1) is 5.92 Å². The maximum Gasteiger partial charge on any atom is 0.238 e. The Morgan fingerprint density at radius 2 is 1.88 bits per heavy atom. The van der Waals surface area contributed by atoms with E-state index in [9.17, 15) is 4.79 Å². The number of hydrogen-bond acceptors (Lipinski definition) is 2. The summed E-state index contributed by atoms with van der Waals surface area (Å²) in [5.41, 5.74) is 1.16. The van der Waals surface area contributed by atoms with Crippen LogP contribution in [-0.4, -0.2) is 23.4 Å². The summed E-state index contributed by atoms with van der Waals surface area (Å²) in [7, 11) is 0. The van der Waals surface area contributed by atoms with Gasteiger partial charge >= 0.3 is 0 Å². The maximum absolute atomic E-state index is 12.0. The minimum atomic E-state index is 0.0288. The third kappa shape index (κ3) is 2.34. The first-order valence-electron chi connectivity index (χ1n) is 6.20. The van der Waals surface area contributed by atoms with Gasteiger partial charge in [-0.25, -0.2) is 0 Å². The number of amides is 1. The van der Waals surface area contributed by atoms with E-state index in [2.05, 4.69) is 38.2 Å². The smallest absolute Gasteiger partial charge is 0.238 e. The molecule has 1 aromatic carbocycles. The fourth-order valence-electron chi connectivity index (χ4n) is 2.21. The molecule has 0 saturated carbocycles. The van der Waals surface area contributed by atoms with Crippen LogP contribution < -0.4 is 5.32 Å². The lowest BCUT2D eigenvalue weighted by Gasteiger charge is -2.33. The maximum atomic E-state index is 12.0. The average Bonchev–Trinajstić information content (AvgIpc) is 2.71. The van der Waals surface area contributed by atoms with E-state index in [1.807, 2.05) is 23.1 Å². The van der Waals surface area contributed by atoms with Crippen molar-refractivity contribution >= 4 is 5.91 Å². The third-order valence-electron chi connectivity index (χ3n) is 3.53. The van der Waals surface area contributed by atoms with Gasteiger partial charge in [0.05, 0.1) is 6.54 Å². The Kier molecular flexibility index (Phi) is 3.48. The first-order chi connectivity index (χ1) is 8.11. The van der Waals surface area contributed by atoms with Crippen LogP contribution in [0.5, 0.6) is 0 Å². The third-order valence-corrected chi connectivity index (χ3v) is 3.53. The van der Waals surface area contributed by atoms with Crippen molar-refractivity contribution in [3.05, 3.63) is 35.9 Å². The molecule has 3 nitrogen and oxygen atoms in total. The molecule has 2 rings (SSSR count). The number of rotatable bonds is 3. The SMILES string of the molecule is CC(C)C(C)N1C(=O)CNC1c1ccccc1. The fourth-order valence-corrected chi connectivity index (χ4v) is 2.21. The highest BCUT2D eigenvalue weighted by molar-refractivity contribution is 5.81. The molecule has 1 fully saturated rings. The van der Waals surface area contributed by atoms with Crippen LogP contribution in [0.3, 0.4) is 0 Å². The van der Waals surface area contributed by atoms with Crippen molar-refractivity contribution in [3.8, 4) is 0 Å². The summed E-state index contributed by atoms with van der Waals surface area (Å²) in [5, 5.41) is 3.28. The highest BCUT2D eigenvalue weighted by Crippen LogP contribution is 2.27. The van der Waals surface area contributed by atoms with Crippen LogP contribution in [0.25, 0.3) is 0 Å². The van der Waals surface area contributed by atoms with Gasteiger partial charge in [-0.3, -0.25) is 10.1 Å². The van der Waals surface area contributed by atoms with Crippen molar-refractivity contribution in [2.75, 3.05) is 6.54 Å². The average molecular weight is 232 g/mol. The zero-order valence-corrected chi connectivity index (χ0v) is 10.7. The number of hydrogen-bond donors (Lipinski definition) is 1. The number of nitrogens with one attached hydrogen (secondary N) is 1.